The van der Waals surface area contributed by atoms with Crippen LogP contribution in [0.3, 0.4) is 0 Å². The van der Waals surface area contributed by atoms with Crippen LogP contribution in [0.5, 0.6) is 0 Å². The number of rotatable bonds is 2. The predicted octanol–water partition coefficient (Wildman–Crippen LogP) is 2.85. The number of aromatic nitrogens is 2. The van der Waals surface area contributed by atoms with Crippen LogP contribution in [0.1, 0.15) is 20.8 Å². The summed E-state index contributed by atoms with van der Waals surface area (Å²) in [6.45, 7) is 0. The molecule has 0 aliphatic carbocycles. The maximum absolute atomic E-state index is 12.0. The van der Waals surface area contributed by atoms with Gasteiger partial charge in [-0.1, -0.05) is 48.5 Å². The molecule has 4 rings (SSSR count). The summed E-state index contributed by atoms with van der Waals surface area (Å²) in [5.41, 5.74) is 2.42. The van der Waals surface area contributed by atoms with Gasteiger partial charge in [0, 0.05) is 5.56 Å². The molecule has 0 radical (unpaired) electrons. The Kier molecular flexibility index (Phi) is 2.66. The van der Waals surface area contributed by atoms with Crippen LogP contribution in [0.2, 0.25) is 0 Å². The quantitative estimate of drug-likeness (QED) is 0.538. The molecule has 1 aromatic heterocycles. The summed E-state index contributed by atoms with van der Waals surface area (Å²) in [6.07, 6.45) is 0. The van der Waals surface area contributed by atoms with Gasteiger partial charge < -0.3 is 4.74 Å². The molecule has 2 heterocycles. The van der Waals surface area contributed by atoms with Crippen molar-refractivity contribution in [3.05, 3.63) is 71.9 Å². The van der Waals surface area contributed by atoms with Gasteiger partial charge in [0.05, 0.1) is 11.4 Å². The molecule has 5 nitrogen and oxygen atoms in total. The highest BCUT2D eigenvalue weighted by Gasteiger charge is 2.38. The fourth-order valence-electron chi connectivity index (χ4n) is 2.56. The van der Waals surface area contributed by atoms with Gasteiger partial charge in [-0.2, -0.15) is 5.10 Å². The molecule has 0 amide bonds. The fourth-order valence-corrected chi connectivity index (χ4v) is 2.56. The number of carbonyl (C=O) groups is 2. The molecule has 1 aliphatic rings. The first-order chi connectivity index (χ1) is 10.8. The Bertz CT molecular complexity index is 883. The van der Waals surface area contributed by atoms with E-state index in [4.69, 9.17) is 0 Å². The van der Waals surface area contributed by atoms with E-state index in [1.807, 2.05) is 60.7 Å². The third-order valence-corrected chi connectivity index (χ3v) is 3.52. The average Bonchev–Trinajstić information content (AvgIpc) is 3.08. The minimum atomic E-state index is -0.702. The van der Waals surface area contributed by atoms with Crippen molar-refractivity contribution in [3.63, 3.8) is 0 Å². The number of fused-ring (bicyclic) bond motifs is 1. The van der Waals surface area contributed by atoms with Gasteiger partial charge in [-0.15, -0.1) is 0 Å². The van der Waals surface area contributed by atoms with Gasteiger partial charge in [0.15, 0.2) is 5.69 Å². The SMILES string of the molecule is O=C1OC(=O)c2c1nn(-c1ccccc1)c2-c1ccccc1. The van der Waals surface area contributed by atoms with Crippen LogP contribution in [0, 0.1) is 0 Å². The molecule has 2 aromatic carbocycles. The lowest BCUT2D eigenvalue weighted by atomic mass is 10.1. The van der Waals surface area contributed by atoms with Crippen LogP contribution in [0.4, 0.5) is 0 Å². The zero-order valence-corrected chi connectivity index (χ0v) is 11.4. The molecule has 106 valence electrons. The first-order valence-corrected chi connectivity index (χ1v) is 6.76. The summed E-state index contributed by atoms with van der Waals surface area (Å²) in [4.78, 5) is 23.8. The monoisotopic (exact) mass is 290 g/mol. The van der Waals surface area contributed by atoms with Crippen molar-refractivity contribution in [1.82, 2.24) is 9.78 Å². The largest absolute Gasteiger partial charge is 0.384 e. The molecule has 3 aromatic rings. The van der Waals surface area contributed by atoms with Gasteiger partial charge in [0.2, 0.25) is 0 Å². The highest BCUT2D eigenvalue weighted by molar-refractivity contribution is 6.16. The summed E-state index contributed by atoms with van der Waals surface area (Å²) in [5.74, 6) is -1.35. The highest BCUT2D eigenvalue weighted by atomic mass is 16.6. The van der Waals surface area contributed by atoms with Gasteiger partial charge in [-0.3, -0.25) is 0 Å². The van der Waals surface area contributed by atoms with Crippen molar-refractivity contribution in [3.8, 4) is 16.9 Å². The van der Waals surface area contributed by atoms with E-state index in [1.165, 1.54) is 0 Å². The number of ether oxygens (including phenoxy) is 1. The Morgan fingerprint density at radius 2 is 1.45 bits per heavy atom. The smallest absolute Gasteiger partial charge is 0.367 e. The number of nitrogens with zero attached hydrogens (tertiary/aromatic N) is 2. The van der Waals surface area contributed by atoms with E-state index in [-0.39, 0.29) is 11.3 Å². The lowest BCUT2D eigenvalue weighted by molar-refractivity contribution is 0.0439. The molecular weight excluding hydrogens is 280 g/mol. The number of hydrogen-bond donors (Lipinski definition) is 0. The molecule has 0 N–H and O–H groups in total. The molecule has 0 unspecified atom stereocenters. The number of benzene rings is 2. The van der Waals surface area contributed by atoms with Crippen LogP contribution in [0.25, 0.3) is 16.9 Å². The van der Waals surface area contributed by atoms with Crippen LogP contribution < -0.4 is 0 Å². The Balaban J connectivity index is 2.05. The molecule has 5 heteroatoms. The normalized spacial score (nSPS) is 13.1. The molecule has 0 saturated heterocycles. The summed E-state index contributed by atoms with van der Waals surface area (Å²) in [6, 6.07) is 18.7. The molecule has 1 aliphatic heterocycles. The van der Waals surface area contributed by atoms with Crippen molar-refractivity contribution in [2.24, 2.45) is 0 Å². The standard InChI is InChI=1S/C17H10N2O3/c20-16-13-14(17(21)22-16)18-19(12-9-5-2-6-10-12)15(13)11-7-3-1-4-8-11/h1-10H. The summed E-state index contributed by atoms with van der Waals surface area (Å²) >= 11 is 0. The first kappa shape index (κ1) is 12.5. The van der Waals surface area contributed by atoms with E-state index in [0.717, 1.165) is 11.3 Å². The Morgan fingerprint density at radius 3 is 2.14 bits per heavy atom. The minimum Gasteiger partial charge on any atom is -0.384 e. The van der Waals surface area contributed by atoms with Gasteiger partial charge in [0.1, 0.15) is 5.56 Å². The van der Waals surface area contributed by atoms with Crippen molar-refractivity contribution >= 4 is 11.9 Å². The Labute approximate surface area is 125 Å². The second-order valence-electron chi connectivity index (χ2n) is 4.86. The Hall–Kier alpha value is -3.21. The Morgan fingerprint density at radius 1 is 0.818 bits per heavy atom. The van der Waals surface area contributed by atoms with Crippen LogP contribution in [-0.4, -0.2) is 21.7 Å². The number of esters is 2. The van der Waals surface area contributed by atoms with E-state index in [9.17, 15) is 9.59 Å². The molecular formula is C17H10N2O3. The lowest BCUT2D eigenvalue weighted by Gasteiger charge is -2.09. The second kappa shape index (κ2) is 4.66. The van der Waals surface area contributed by atoms with Gasteiger partial charge >= 0.3 is 11.9 Å². The number of hydrogen-bond acceptors (Lipinski definition) is 4. The van der Waals surface area contributed by atoms with E-state index in [1.54, 1.807) is 4.68 Å². The topological polar surface area (TPSA) is 61.2 Å². The van der Waals surface area contributed by atoms with Crippen LogP contribution >= 0.6 is 0 Å². The van der Waals surface area contributed by atoms with Crippen molar-refractivity contribution < 1.29 is 14.3 Å². The lowest BCUT2D eigenvalue weighted by Crippen LogP contribution is -2.07. The van der Waals surface area contributed by atoms with Crippen molar-refractivity contribution in [2.75, 3.05) is 0 Å². The van der Waals surface area contributed by atoms with E-state index >= 15 is 0 Å². The third kappa shape index (κ3) is 1.76. The van der Waals surface area contributed by atoms with Crippen molar-refractivity contribution in [2.45, 2.75) is 0 Å². The molecule has 0 atom stereocenters. The summed E-state index contributed by atoms with van der Waals surface area (Å²) < 4.78 is 6.28. The van der Waals surface area contributed by atoms with E-state index < -0.39 is 11.9 Å². The van der Waals surface area contributed by atoms with Gasteiger partial charge in [-0.05, 0) is 12.1 Å². The number of cyclic esters (lactones) is 2. The van der Waals surface area contributed by atoms with Gasteiger partial charge in [-0.25, -0.2) is 14.3 Å². The zero-order valence-electron chi connectivity index (χ0n) is 11.4. The molecule has 0 saturated carbocycles. The van der Waals surface area contributed by atoms with Crippen molar-refractivity contribution in [1.29, 1.82) is 0 Å². The first-order valence-electron chi connectivity index (χ1n) is 6.76. The second-order valence-corrected chi connectivity index (χ2v) is 4.86. The van der Waals surface area contributed by atoms with Gasteiger partial charge in [0.25, 0.3) is 0 Å². The predicted molar refractivity (Wildman–Crippen MR) is 78.7 cm³/mol. The average molecular weight is 290 g/mol. The van der Waals surface area contributed by atoms with E-state index in [0.29, 0.717) is 5.69 Å². The molecule has 22 heavy (non-hydrogen) atoms. The third-order valence-electron chi connectivity index (χ3n) is 3.52. The van der Waals surface area contributed by atoms with Crippen LogP contribution in [-0.2, 0) is 4.74 Å². The number of carbonyl (C=O) groups excluding carboxylic acids is 2. The molecule has 0 spiro atoms. The molecule has 0 bridgehead atoms. The van der Waals surface area contributed by atoms with E-state index in [2.05, 4.69) is 9.84 Å². The maximum Gasteiger partial charge on any atom is 0.367 e. The maximum atomic E-state index is 12.0. The minimum absolute atomic E-state index is 0.0627. The van der Waals surface area contributed by atoms with Crippen LogP contribution in [0.15, 0.2) is 60.7 Å². The summed E-state index contributed by atoms with van der Waals surface area (Å²) in [7, 11) is 0. The highest BCUT2D eigenvalue weighted by Crippen LogP contribution is 2.33. The number of para-hydroxylation sites is 1. The fraction of sp³-hybridized carbons (Fsp3) is 0. The summed E-state index contributed by atoms with van der Waals surface area (Å²) in [5, 5.41) is 4.29. The molecule has 0 fully saturated rings. The zero-order chi connectivity index (χ0) is 15.1.